The highest BCUT2D eigenvalue weighted by atomic mass is 19.1. The second-order valence-corrected chi connectivity index (χ2v) is 8.38. The first kappa shape index (κ1) is 22.5. The lowest BCUT2D eigenvalue weighted by Gasteiger charge is -2.17. The van der Waals surface area contributed by atoms with Gasteiger partial charge in [-0.2, -0.15) is 0 Å². The molecule has 33 heavy (non-hydrogen) atoms. The zero-order chi connectivity index (χ0) is 23.7. The van der Waals surface area contributed by atoms with Crippen LogP contribution in [0.25, 0.3) is 11.1 Å². The Morgan fingerprint density at radius 1 is 1.15 bits per heavy atom. The molecule has 1 saturated heterocycles. The Hall–Kier alpha value is -3.68. The van der Waals surface area contributed by atoms with E-state index in [1.807, 2.05) is 13.8 Å². The average Bonchev–Trinajstić information content (AvgIpc) is 3.28. The molecule has 0 saturated carbocycles. The largest absolute Gasteiger partial charge is 0.457 e. The summed E-state index contributed by atoms with van der Waals surface area (Å²) >= 11 is 0. The SMILES string of the molecule is Cc1cc(NC(=O)CN2CCCC2=O)cc(C)c1Oc1cc(F)cc(-c2c(C)noc2C)c1. The van der Waals surface area contributed by atoms with Crippen LogP contribution in [0.2, 0.25) is 0 Å². The van der Waals surface area contributed by atoms with E-state index in [2.05, 4.69) is 10.5 Å². The molecular weight excluding hydrogens is 425 g/mol. The number of nitrogens with one attached hydrogen (secondary N) is 1. The Kier molecular flexibility index (Phi) is 6.18. The van der Waals surface area contributed by atoms with Crippen molar-refractivity contribution < 1.29 is 23.2 Å². The molecule has 1 aliphatic rings. The summed E-state index contributed by atoms with van der Waals surface area (Å²) in [6, 6.07) is 8.07. The normalized spacial score (nSPS) is 13.5. The van der Waals surface area contributed by atoms with Crippen LogP contribution in [0, 0.1) is 33.5 Å². The number of amides is 2. The zero-order valence-electron chi connectivity index (χ0n) is 19.1. The molecule has 8 heteroatoms. The van der Waals surface area contributed by atoms with E-state index in [4.69, 9.17) is 9.26 Å². The number of carbonyl (C=O) groups is 2. The third kappa shape index (κ3) is 4.89. The molecule has 0 bridgehead atoms. The van der Waals surface area contributed by atoms with E-state index in [1.54, 1.807) is 36.9 Å². The van der Waals surface area contributed by atoms with Crippen molar-refractivity contribution in [1.29, 1.82) is 0 Å². The van der Waals surface area contributed by atoms with Gasteiger partial charge in [0, 0.05) is 30.3 Å². The monoisotopic (exact) mass is 451 g/mol. The van der Waals surface area contributed by atoms with E-state index < -0.39 is 5.82 Å². The Balaban J connectivity index is 1.53. The van der Waals surface area contributed by atoms with Crippen molar-refractivity contribution in [2.45, 2.75) is 40.5 Å². The summed E-state index contributed by atoms with van der Waals surface area (Å²) in [4.78, 5) is 25.7. The fourth-order valence-corrected chi connectivity index (χ4v) is 4.21. The van der Waals surface area contributed by atoms with Crippen LogP contribution in [0.5, 0.6) is 11.5 Å². The van der Waals surface area contributed by atoms with Gasteiger partial charge < -0.3 is 19.5 Å². The molecule has 7 nitrogen and oxygen atoms in total. The topological polar surface area (TPSA) is 84.7 Å². The number of halogens is 1. The van der Waals surface area contributed by atoms with E-state index in [1.165, 1.54) is 12.1 Å². The number of hydrogen-bond donors (Lipinski definition) is 1. The summed E-state index contributed by atoms with van der Waals surface area (Å²) in [5.74, 6) is 0.864. The second-order valence-electron chi connectivity index (χ2n) is 8.38. The smallest absolute Gasteiger partial charge is 0.243 e. The first-order valence-electron chi connectivity index (χ1n) is 10.8. The second kappa shape index (κ2) is 9.05. The van der Waals surface area contributed by atoms with Crippen molar-refractivity contribution in [2.75, 3.05) is 18.4 Å². The molecule has 1 N–H and O–H groups in total. The first-order valence-corrected chi connectivity index (χ1v) is 10.8. The molecule has 0 atom stereocenters. The van der Waals surface area contributed by atoms with Crippen molar-refractivity contribution in [1.82, 2.24) is 10.1 Å². The number of benzene rings is 2. The number of nitrogens with zero attached hydrogens (tertiary/aromatic N) is 2. The van der Waals surface area contributed by atoms with Gasteiger partial charge in [0.1, 0.15) is 23.1 Å². The molecule has 0 unspecified atom stereocenters. The van der Waals surface area contributed by atoms with Crippen LogP contribution in [0.1, 0.15) is 35.4 Å². The number of ether oxygens (including phenoxy) is 1. The average molecular weight is 451 g/mol. The third-order valence-electron chi connectivity index (χ3n) is 5.66. The van der Waals surface area contributed by atoms with Crippen molar-refractivity contribution in [3.63, 3.8) is 0 Å². The van der Waals surface area contributed by atoms with Gasteiger partial charge in [0.15, 0.2) is 0 Å². The van der Waals surface area contributed by atoms with Crippen molar-refractivity contribution in [3.8, 4) is 22.6 Å². The molecule has 1 aromatic heterocycles. The highest BCUT2D eigenvalue weighted by molar-refractivity contribution is 5.95. The van der Waals surface area contributed by atoms with Gasteiger partial charge in [-0.15, -0.1) is 0 Å². The van der Waals surface area contributed by atoms with E-state index in [9.17, 15) is 14.0 Å². The molecule has 0 aliphatic carbocycles. The van der Waals surface area contributed by atoms with Gasteiger partial charge in [-0.1, -0.05) is 5.16 Å². The minimum Gasteiger partial charge on any atom is -0.457 e. The minimum absolute atomic E-state index is 0.00677. The molecular formula is C25H26FN3O4. The fraction of sp³-hybridized carbons (Fsp3) is 0.320. The number of carbonyl (C=O) groups excluding carboxylic acids is 2. The highest BCUT2D eigenvalue weighted by Gasteiger charge is 2.22. The number of aromatic nitrogens is 1. The summed E-state index contributed by atoms with van der Waals surface area (Å²) in [5, 5.41) is 6.78. The molecule has 4 rings (SSSR count). The summed E-state index contributed by atoms with van der Waals surface area (Å²) in [7, 11) is 0. The maximum atomic E-state index is 14.4. The zero-order valence-corrected chi connectivity index (χ0v) is 19.1. The fourth-order valence-electron chi connectivity index (χ4n) is 4.21. The maximum absolute atomic E-state index is 14.4. The van der Waals surface area contributed by atoms with Gasteiger partial charge in [-0.3, -0.25) is 9.59 Å². The van der Waals surface area contributed by atoms with Crippen molar-refractivity contribution in [3.05, 3.63) is 58.7 Å². The van der Waals surface area contributed by atoms with Gasteiger partial charge >= 0.3 is 0 Å². The molecule has 172 valence electrons. The molecule has 2 heterocycles. The van der Waals surface area contributed by atoms with Crippen LogP contribution in [0.15, 0.2) is 34.9 Å². The van der Waals surface area contributed by atoms with Crippen molar-refractivity contribution >= 4 is 17.5 Å². The van der Waals surface area contributed by atoms with Gasteiger partial charge in [0.05, 0.1) is 12.2 Å². The van der Waals surface area contributed by atoms with Crippen molar-refractivity contribution in [2.24, 2.45) is 0 Å². The Morgan fingerprint density at radius 2 is 1.88 bits per heavy atom. The lowest BCUT2D eigenvalue weighted by Crippen LogP contribution is -2.33. The number of anilines is 1. The third-order valence-corrected chi connectivity index (χ3v) is 5.66. The Bertz CT molecular complexity index is 1190. The molecule has 1 aliphatic heterocycles. The summed E-state index contributed by atoms with van der Waals surface area (Å²) < 4.78 is 25.7. The van der Waals surface area contributed by atoms with E-state index in [0.717, 1.165) is 23.1 Å². The van der Waals surface area contributed by atoms with Gasteiger partial charge in [-0.05, 0) is 75.1 Å². The first-order chi connectivity index (χ1) is 15.7. The molecule has 0 radical (unpaired) electrons. The Labute approximate surface area is 191 Å². The van der Waals surface area contributed by atoms with Gasteiger partial charge in [0.25, 0.3) is 0 Å². The minimum atomic E-state index is -0.432. The van der Waals surface area contributed by atoms with Crippen LogP contribution in [0.4, 0.5) is 10.1 Å². The van der Waals surface area contributed by atoms with Crippen LogP contribution in [-0.2, 0) is 9.59 Å². The predicted molar refractivity (Wildman–Crippen MR) is 122 cm³/mol. The molecule has 2 aromatic carbocycles. The standard InChI is InChI=1S/C25H26FN3O4/c1-14-8-20(27-22(30)13-29-7-5-6-23(29)31)9-15(2)25(14)32-21-11-18(10-19(26)12-21)24-16(3)28-33-17(24)4/h8-12H,5-7,13H2,1-4H3,(H,27,30). The van der Waals surface area contributed by atoms with Gasteiger partial charge in [-0.25, -0.2) is 4.39 Å². The lowest BCUT2D eigenvalue weighted by molar-refractivity contribution is -0.131. The highest BCUT2D eigenvalue weighted by Crippen LogP contribution is 2.35. The van der Waals surface area contributed by atoms with E-state index >= 15 is 0 Å². The van der Waals surface area contributed by atoms with Crippen LogP contribution in [0.3, 0.4) is 0 Å². The summed E-state index contributed by atoms with van der Waals surface area (Å²) in [6.45, 7) is 7.95. The Morgan fingerprint density at radius 3 is 2.48 bits per heavy atom. The molecule has 2 amide bonds. The molecule has 1 fully saturated rings. The molecule has 0 spiro atoms. The van der Waals surface area contributed by atoms with E-state index in [-0.39, 0.29) is 18.4 Å². The summed E-state index contributed by atoms with van der Waals surface area (Å²) in [5.41, 5.74) is 4.22. The number of likely N-dealkylation sites (tertiary alicyclic amines) is 1. The molecule has 3 aromatic rings. The summed E-state index contributed by atoms with van der Waals surface area (Å²) in [6.07, 6.45) is 1.28. The quantitative estimate of drug-likeness (QED) is 0.566. The van der Waals surface area contributed by atoms with Crippen LogP contribution in [-0.4, -0.2) is 35.0 Å². The lowest BCUT2D eigenvalue weighted by atomic mass is 10.0. The maximum Gasteiger partial charge on any atom is 0.243 e. The van der Waals surface area contributed by atoms with Gasteiger partial charge in [0.2, 0.25) is 11.8 Å². The van der Waals surface area contributed by atoms with Crippen LogP contribution < -0.4 is 10.1 Å². The van der Waals surface area contributed by atoms with E-state index in [0.29, 0.717) is 47.2 Å². The van der Waals surface area contributed by atoms with Crippen LogP contribution >= 0.6 is 0 Å². The number of hydrogen-bond acceptors (Lipinski definition) is 5. The number of rotatable bonds is 6. The number of aryl methyl sites for hydroxylation is 4. The predicted octanol–water partition coefficient (Wildman–Crippen LogP) is 5.07.